The van der Waals surface area contributed by atoms with Gasteiger partial charge in [-0.1, -0.05) is 35.0 Å². The van der Waals surface area contributed by atoms with Crippen LogP contribution in [-0.4, -0.2) is 32.1 Å². The van der Waals surface area contributed by atoms with Gasteiger partial charge in [0.25, 0.3) is 0 Å². The fourth-order valence-corrected chi connectivity index (χ4v) is 2.10. The summed E-state index contributed by atoms with van der Waals surface area (Å²) in [7, 11) is 4.20. The second kappa shape index (κ2) is 7.05. The van der Waals surface area contributed by atoms with Crippen molar-refractivity contribution in [1.29, 1.82) is 0 Å². The Bertz CT molecular complexity index is 313. The van der Waals surface area contributed by atoms with Crippen molar-refractivity contribution in [3.63, 3.8) is 0 Å². The first-order valence-corrected chi connectivity index (χ1v) is 6.56. The molecule has 0 saturated carbocycles. The molecule has 0 heterocycles. The molecule has 0 fully saturated rings. The number of hydrogen-bond acceptors (Lipinski definition) is 2. The van der Waals surface area contributed by atoms with Crippen molar-refractivity contribution < 1.29 is 0 Å². The van der Waals surface area contributed by atoms with E-state index in [0.29, 0.717) is 6.04 Å². The summed E-state index contributed by atoms with van der Waals surface area (Å²) in [5.74, 6) is 0. The Morgan fingerprint density at radius 2 is 2.12 bits per heavy atom. The summed E-state index contributed by atoms with van der Waals surface area (Å²) in [5, 5.41) is 3.58. The molecule has 3 heteroatoms. The van der Waals surface area contributed by atoms with E-state index in [4.69, 9.17) is 0 Å². The van der Waals surface area contributed by atoms with Gasteiger partial charge in [0.05, 0.1) is 0 Å². The van der Waals surface area contributed by atoms with Gasteiger partial charge in [0, 0.05) is 23.6 Å². The predicted molar refractivity (Wildman–Crippen MR) is 73.7 cm³/mol. The fraction of sp³-hybridized carbons (Fsp3) is 0.538. The Balaban J connectivity index is 2.53. The Hall–Kier alpha value is -0.380. The van der Waals surface area contributed by atoms with E-state index in [2.05, 4.69) is 71.4 Å². The second-order valence-electron chi connectivity index (χ2n) is 4.27. The van der Waals surface area contributed by atoms with E-state index < -0.39 is 0 Å². The third-order valence-electron chi connectivity index (χ3n) is 2.61. The molecule has 1 unspecified atom stereocenters. The Kier molecular flexibility index (Phi) is 6.03. The van der Waals surface area contributed by atoms with E-state index in [-0.39, 0.29) is 0 Å². The van der Waals surface area contributed by atoms with Crippen LogP contribution >= 0.6 is 15.9 Å². The average Bonchev–Trinajstić information content (AvgIpc) is 2.24. The van der Waals surface area contributed by atoms with Crippen molar-refractivity contribution >= 4 is 15.9 Å². The van der Waals surface area contributed by atoms with Crippen LogP contribution in [0.25, 0.3) is 0 Å². The molecule has 16 heavy (non-hydrogen) atoms. The smallest absolute Gasteiger partial charge is 0.0318 e. The largest absolute Gasteiger partial charge is 0.309 e. The highest BCUT2D eigenvalue weighted by atomic mass is 79.9. The van der Waals surface area contributed by atoms with Gasteiger partial charge in [0.2, 0.25) is 0 Å². The van der Waals surface area contributed by atoms with Crippen LogP contribution in [0.2, 0.25) is 0 Å². The monoisotopic (exact) mass is 284 g/mol. The SMILES string of the molecule is CCC(NCCN(C)C)c1cccc(Br)c1. The molecule has 0 spiro atoms. The molecule has 1 rings (SSSR count). The van der Waals surface area contributed by atoms with Crippen LogP contribution in [-0.2, 0) is 0 Å². The van der Waals surface area contributed by atoms with Gasteiger partial charge >= 0.3 is 0 Å². The predicted octanol–water partition coefficient (Wildman–Crippen LogP) is 3.05. The van der Waals surface area contributed by atoms with Crippen LogP contribution in [0.3, 0.4) is 0 Å². The van der Waals surface area contributed by atoms with Gasteiger partial charge in [-0.25, -0.2) is 0 Å². The molecule has 0 aliphatic rings. The van der Waals surface area contributed by atoms with E-state index in [9.17, 15) is 0 Å². The van der Waals surface area contributed by atoms with Crippen LogP contribution in [0.4, 0.5) is 0 Å². The van der Waals surface area contributed by atoms with Gasteiger partial charge in [-0.3, -0.25) is 0 Å². The zero-order valence-electron chi connectivity index (χ0n) is 10.3. The van der Waals surface area contributed by atoms with Gasteiger partial charge in [0.1, 0.15) is 0 Å². The molecule has 1 aromatic carbocycles. The van der Waals surface area contributed by atoms with Gasteiger partial charge < -0.3 is 10.2 Å². The molecule has 0 aromatic heterocycles. The standard InChI is InChI=1S/C13H21BrN2/c1-4-13(15-8-9-16(2)3)11-6-5-7-12(14)10-11/h5-7,10,13,15H,4,8-9H2,1-3H3. The number of likely N-dealkylation sites (N-methyl/N-ethyl adjacent to an activating group) is 1. The van der Waals surface area contributed by atoms with Crippen molar-refractivity contribution in [1.82, 2.24) is 10.2 Å². The van der Waals surface area contributed by atoms with Crippen LogP contribution < -0.4 is 5.32 Å². The number of halogens is 1. The first kappa shape index (κ1) is 13.7. The highest BCUT2D eigenvalue weighted by Crippen LogP contribution is 2.20. The van der Waals surface area contributed by atoms with E-state index in [1.54, 1.807) is 0 Å². The summed E-state index contributed by atoms with van der Waals surface area (Å²) in [4.78, 5) is 2.20. The van der Waals surface area contributed by atoms with E-state index in [1.165, 1.54) is 5.56 Å². The number of hydrogen-bond donors (Lipinski definition) is 1. The summed E-state index contributed by atoms with van der Waals surface area (Å²) in [6.07, 6.45) is 1.11. The first-order chi connectivity index (χ1) is 7.63. The molecule has 90 valence electrons. The molecule has 0 bridgehead atoms. The number of nitrogens with zero attached hydrogens (tertiary/aromatic N) is 1. The van der Waals surface area contributed by atoms with Crippen molar-refractivity contribution in [2.24, 2.45) is 0 Å². The molecular weight excluding hydrogens is 264 g/mol. The summed E-state index contributed by atoms with van der Waals surface area (Å²) in [6.45, 7) is 4.32. The van der Waals surface area contributed by atoms with Crippen molar-refractivity contribution in [2.45, 2.75) is 19.4 Å². The molecule has 1 aromatic rings. The lowest BCUT2D eigenvalue weighted by Gasteiger charge is -2.19. The molecule has 1 atom stereocenters. The summed E-state index contributed by atoms with van der Waals surface area (Å²) >= 11 is 3.52. The summed E-state index contributed by atoms with van der Waals surface area (Å²) in [6, 6.07) is 8.99. The van der Waals surface area contributed by atoms with E-state index in [0.717, 1.165) is 24.0 Å². The van der Waals surface area contributed by atoms with Crippen LogP contribution in [0, 0.1) is 0 Å². The topological polar surface area (TPSA) is 15.3 Å². The van der Waals surface area contributed by atoms with Crippen LogP contribution in [0.15, 0.2) is 28.7 Å². The normalized spacial score (nSPS) is 13.1. The molecule has 0 radical (unpaired) electrons. The number of benzene rings is 1. The zero-order valence-corrected chi connectivity index (χ0v) is 11.9. The minimum absolute atomic E-state index is 0.456. The third kappa shape index (κ3) is 4.64. The fourth-order valence-electron chi connectivity index (χ4n) is 1.68. The zero-order chi connectivity index (χ0) is 12.0. The Labute approximate surface area is 107 Å². The van der Waals surface area contributed by atoms with Gasteiger partial charge in [0.15, 0.2) is 0 Å². The third-order valence-corrected chi connectivity index (χ3v) is 3.10. The lowest BCUT2D eigenvalue weighted by molar-refractivity contribution is 0.382. The molecule has 1 N–H and O–H groups in total. The first-order valence-electron chi connectivity index (χ1n) is 5.77. The summed E-state index contributed by atoms with van der Waals surface area (Å²) < 4.78 is 1.15. The van der Waals surface area contributed by atoms with Crippen molar-refractivity contribution in [3.05, 3.63) is 34.3 Å². The maximum atomic E-state index is 3.58. The van der Waals surface area contributed by atoms with Crippen molar-refractivity contribution in [3.8, 4) is 0 Å². The van der Waals surface area contributed by atoms with Gasteiger partial charge in [-0.05, 0) is 38.2 Å². The van der Waals surface area contributed by atoms with Crippen LogP contribution in [0.1, 0.15) is 24.9 Å². The lowest BCUT2D eigenvalue weighted by atomic mass is 10.0. The van der Waals surface area contributed by atoms with E-state index >= 15 is 0 Å². The minimum atomic E-state index is 0.456. The van der Waals surface area contributed by atoms with E-state index in [1.807, 2.05) is 0 Å². The van der Waals surface area contributed by atoms with Gasteiger partial charge in [-0.15, -0.1) is 0 Å². The molecule has 0 aliphatic heterocycles. The number of rotatable bonds is 6. The highest BCUT2D eigenvalue weighted by molar-refractivity contribution is 9.10. The molecule has 0 saturated heterocycles. The van der Waals surface area contributed by atoms with Gasteiger partial charge in [-0.2, -0.15) is 0 Å². The lowest BCUT2D eigenvalue weighted by Crippen LogP contribution is -2.29. The van der Waals surface area contributed by atoms with Crippen molar-refractivity contribution in [2.75, 3.05) is 27.2 Å². The quantitative estimate of drug-likeness (QED) is 0.864. The molecule has 0 amide bonds. The number of nitrogens with one attached hydrogen (secondary N) is 1. The van der Waals surface area contributed by atoms with Crippen LogP contribution in [0.5, 0.6) is 0 Å². The molecule has 0 aliphatic carbocycles. The Morgan fingerprint density at radius 3 is 2.69 bits per heavy atom. The molecular formula is C13H21BrN2. The minimum Gasteiger partial charge on any atom is -0.309 e. The highest BCUT2D eigenvalue weighted by Gasteiger charge is 2.08. The maximum absolute atomic E-state index is 3.58. The second-order valence-corrected chi connectivity index (χ2v) is 5.19. The maximum Gasteiger partial charge on any atom is 0.0318 e. The molecule has 2 nitrogen and oxygen atoms in total. The Morgan fingerprint density at radius 1 is 1.38 bits per heavy atom. The average molecular weight is 285 g/mol. The summed E-state index contributed by atoms with van der Waals surface area (Å²) in [5.41, 5.74) is 1.36.